The number of nitrogens with one attached hydrogen (secondary N) is 1. The van der Waals surface area contributed by atoms with E-state index in [2.05, 4.69) is 12.1 Å². The van der Waals surface area contributed by atoms with Crippen LogP contribution >= 0.6 is 0 Å². The largest absolute Gasteiger partial charge is 0.225 e. The third-order valence-corrected chi connectivity index (χ3v) is 2.90. The van der Waals surface area contributed by atoms with Crippen molar-refractivity contribution in [2.75, 3.05) is 5.54 Å². The fraction of sp³-hybridized carbons (Fsp3) is 0.0769. The van der Waals surface area contributed by atoms with Crippen LogP contribution in [0.15, 0.2) is 42.5 Å². The molecule has 0 unspecified atom stereocenters. The normalized spacial score (nSPS) is 12.1. The Kier molecular flexibility index (Phi) is 1.75. The number of halogens is 1. The maximum Gasteiger partial charge on any atom is 0.0658 e. The molecule has 0 atom stereocenters. The van der Waals surface area contributed by atoms with Gasteiger partial charge in [0.05, 0.1) is 5.69 Å². The van der Waals surface area contributed by atoms with Crippen LogP contribution in [0.25, 0.3) is 11.1 Å². The van der Waals surface area contributed by atoms with Crippen LogP contribution in [0, 0.1) is 0 Å². The summed E-state index contributed by atoms with van der Waals surface area (Å²) in [5, 5.41) is 0. The van der Waals surface area contributed by atoms with Gasteiger partial charge in [0.1, 0.15) is 0 Å². The minimum absolute atomic E-state index is 0.529. The van der Waals surface area contributed by atoms with E-state index in [1.165, 1.54) is 22.3 Å². The highest BCUT2D eigenvalue weighted by Crippen LogP contribution is 2.37. The standard InChI is InChI=1S/C13H10FN/c14-15-11-5-6-13-10(8-11)7-9-3-1-2-4-12(9)13/h1-6,8,15H,7H2. The molecule has 0 radical (unpaired) electrons. The van der Waals surface area contributed by atoms with Crippen molar-refractivity contribution in [1.29, 1.82) is 0 Å². The fourth-order valence-corrected chi connectivity index (χ4v) is 2.20. The molecule has 1 N–H and O–H groups in total. The van der Waals surface area contributed by atoms with Crippen LogP contribution in [0.5, 0.6) is 0 Å². The summed E-state index contributed by atoms with van der Waals surface area (Å²) < 4.78 is 12.3. The van der Waals surface area contributed by atoms with Gasteiger partial charge in [0.2, 0.25) is 0 Å². The zero-order valence-corrected chi connectivity index (χ0v) is 8.13. The summed E-state index contributed by atoms with van der Waals surface area (Å²) in [4.78, 5) is 0. The zero-order valence-electron chi connectivity index (χ0n) is 8.13. The van der Waals surface area contributed by atoms with E-state index < -0.39 is 0 Å². The molecule has 0 saturated heterocycles. The third kappa shape index (κ3) is 1.22. The van der Waals surface area contributed by atoms with Gasteiger partial charge in [-0.2, -0.15) is 0 Å². The maximum atomic E-state index is 12.3. The van der Waals surface area contributed by atoms with Crippen LogP contribution in [0.3, 0.4) is 0 Å². The molecule has 3 rings (SSSR count). The van der Waals surface area contributed by atoms with Gasteiger partial charge in [0, 0.05) is 0 Å². The molecule has 1 aliphatic carbocycles. The number of hydrogen-bond donors (Lipinski definition) is 1. The van der Waals surface area contributed by atoms with Crippen molar-refractivity contribution in [3.05, 3.63) is 53.6 Å². The first kappa shape index (κ1) is 8.48. The molecule has 2 heteroatoms. The summed E-state index contributed by atoms with van der Waals surface area (Å²) in [5.41, 5.74) is 7.23. The zero-order chi connectivity index (χ0) is 10.3. The highest BCUT2D eigenvalue weighted by molar-refractivity contribution is 5.78. The maximum absolute atomic E-state index is 12.3. The Labute approximate surface area is 87.5 Å². The van der Waals surface area contributed by atoms with Gasteiger partial charge < -0.3 is 0 Å². The van der Waals surface area contributed by atoms with Crippen molar-refractivity contribution in [1.82, 2.24) is 0 Å². The molecule has 0 saturated carbocycles. The van der Waals surface area contributed by atoms with Crippen molar-refractivity contribution >= 4 is 5.69 Å². The van der Waals surface area contributed by atoms with Crippen LogP contribution in [-0.4, -0.2) is 0 Å². The summed E-state index contributed by atoms with van der Waals surface area (Å²) in [6.07, 6.45) is 0.904. The molecule has 1 nitrogen and oxygen atoms in total. The second-order valence-corrected chi connectivity index (χ2v) is 3.80. The van der Waals surface area contributed by atoms with Crippen molar-refractivity contribution in [2.24, 2.45) is 0 Å². The van der Waals surface area contributed by atoms with Crippen molar-refractivity contribution in [3.63, 3.8) is 0 Å². The summed E-state index contributed by atoms with van der Waals surface area (Å²) in [7, 11) is 0. The topological polar surface area (TPSA) is 12.0 Å². The predicted octanol–water partition coefficient (Wildman–Crippen LogP) is 3.55. The van der Waals surface area contributed by atoms with Gasteiger partial charge in [-0.25, -0.2) is 5.54 Å². The Morgan fingerprint density at radius 2 is 1.73 bits per heavy atom. The average Bonchev–Trinajstić information content (AvgIpc) is 2.66. The molecule has 2 aromatic rings. The van der Waals surface area contributed by atoms with Gasteiger partial charge in [-0.3, -0.25) is 0 Å². The summed E-state index contributed by atoms with van der Waals surface area (Å²) in [6.45, 7) is 0. The molecule has 1 aliphatic rings. The average molecular weight is 199 g/mol. The lowest BCUT2D eigenvalue weighted by molar-refractivity contribution is 0.617. The van der Waals surface area contributed by atoms with Crippen molar-refractivity contribution < 1.29 is 4.48 Å². The van der Waals surface area contributed by atoms with E-state index >= 15 is 0 Å². The van der Waals surface area contributed by atoms with Crippen LogP contribution in [0.4, 0.5) is 10.2 Å². The van der Waals surface area contributed by atoms with Gasteiger partial charge in [0.15, 0.2) is 0 Å². The lowest BCUT2D eigenvalue weighted by Gasteiger charge is -2.02. The lowest BCUT2D eigenvalue weighted by atomic mass is 10.1. The second-order valence-electron chi connectivity index (χ2n) is 3.80. The highest BCUT2D eigenvalue weighted by Gasteiger charge is 2.17. The second kappa shape index (κ2) is 3.09. The molecule has 15 heavy (non-hydrogen) atoms. The Balaban J connectivity index is 2.18. The molecule has 0 fully saturated rings. The molecule has 0 aromatic heterocycles. The Morgan fingerprint density at radius 3 is 2.60 bits per heavy atom. The predicted molar refractivity (Wildman–Crippen MR) is 59.4 cm³/mol. The van der Waals surface area contributed by atoms with E-state index in [9.17, 15) is 4.48 Å². The molecule has 0 amide bonds. The highest BCUT2D eigenvalue weighted by atomic mass is 19.2. The van der Waals surface area contributed by atoms with E-state index in [-0.39, 0.29) is 0 Å². The SMILES string of the molecule is FNc1ccc2c(c1)Cc1ccccc1-2. The van der Waals surface area contributed by atoms with Gasteiger partial charge >= 0.3 is 0 Å². The quantitative estimate of drug-likeness (QED) is 0.591. The van der Waals surface area contributed by atoms with Crippen LogP contribution in [0.2, 0.25) is 0 Å². The number of hydrogen-bond acceptors (Lipinski definition) is 1. The smallest absolute Gasteiger partial charge is 0.0658 e. The van der Waals surface area contributed by atoms with Gasteiger partial charge in [0.25, 0.3) is 0 Å². The molecule has 0 aliphatic heterocycles. The Hall–Kier alpha value is -1.83. The molecule has 2 aromatic carbocycles. The molecule has 0 spiro atoms. The minimum Gasteiger partial charge on any atom is -0.225 e. The molecular weight excluding hydrogens is 189 g/mol. The fourth-order valence-electron chi connectivity index (χ4n) is 2.20. The summed E-state index contributed by atoms with van der Waals surface area (Å²) >= 11 is 0. The molecule has 0 heterocycles. The number of anilines is 1. The van der Waals surface area contributed by atoms with Crippen LogP contribution < -0.4 is 5.54 Å². The van der Waals surface area contributed by atoms with Gasteiger partial charge in [-0.05, 0) is 40.8 Å². The van der Waals surface area contributed by atoms with Crippen LogP contribution in [0.1, 0.15) is 11.1 Å². The van der Waals surface area contributed by atoms with Crippen molar-refractivity contribution in [2.45, 2.75) is 6.42 Å². The van der Waals surface area contributed by atoms with Gasteiger partial charge in [-0.15, -0.1) is 4.48 Å². The molecular formula is C13H10FN. The first-order valence-electron chi connectivity index (χ1n) is 4.96. The van der Waals surface area contributed by atoms with E-state index in [1.54, 1.807) is 11.6 Å². The van der Waals surface area contributed by atoms with E-state index in [4.69, 9.17) is 0 Å². The molecule has 0 bridgehead atoms. The van der Waals surface area contributed by atoms with E-state index in [0.717, 1.165) is 6.42 Å². The first-order chi connectivity index (χ1) is 7.38. The van der Waals surface area contributed by atoms with Crippen molar-refractivity contribution in [3.8, 4) is 11.1 Å². The third-order valence-electron chi connectivity index (χ3n) is 2.90. The van der Waals surface area contributed by atoms with E-state index in [1.807, 2.05) is 24.3 Å². The van der Waals surface area contributed by atoms with E-state index in [0.29, 0.717) is 5.69 Å². The lowest BCUT2D eigenvalue weighted by Crippen LogP contribution is -1.85. The molecule has 74 valence electrons. The van der Waals surface area contributed by atoms with Crippen LogP contribution in [-0.2, 0) is 6.42 Å². The van der Waals surface area contributed by atoms with Gasteiger partial charge in [-0.1, -0.05) is 30.3 Å². The Bertz CT molecular complexity index is 520. The monoisotopic (exact) mass is 199 g/mol. The number of rotatable bonds is 1. The number of benzene rings is 2. The summed E-state index contributed by atoms with van der Waals surface area (Å²) in [6, 6.07) is 13.9. The Morgan fingerprint density at radius 1 is 0.933 bits per heavy atom. The minimum atomic E-state index is 0.529. The summed E-state index contributed by atoms with van der Waals surface area (Å²) in [5.74, 6) is 0. The number of fused-ring (bicyclic) bond motifs is 3. The first-order valence-corrected chi connectivity index (χ1v) is 4.96.